The molecule has 2 N–H and O–H groups in total. The molecule has 0 radical (unpaired) electrons. The molecule has 3 aromatic rings. The average molecular weight is 413 g/mol. The van der Waals surface area contributed by atoms with Gasteiger partial charge in [-0.2, -0.15) is 0 Å². The average Bonchev–Trinajstić information content (AvgIpc) is 3.20. The number of aromatic nitrogens is 1. The van der Waals surface area contributed by atoms with Crippen LogP contribution in [0.4, 0.5) is 5.69 Å². The molecule has 0 fully saturated rings. The quantitative estimate of drug-likeness (QED) is 0.565. The fraction of sp³-hybridized carbons (Fsp3) is 0.391. The molecule has 154 valence electrons. The van der Waals surface area contributed by atoms with Crippen molar-refractivity contribution in [1.29, 1.82) is 0 Å². The van der Waals surface area contributed by atoms with Crippen LogP contribution < -0.4 is 14.2 Å². The van der Waals surface area contributed by atoms with Gasteiger partial charge in [0.25, 0.3) is 0 Å². The van der Waals surface area contributed by atoms with Crippen molar-refractivity contribution < 1.29 is 13.7 Å². The summed E-state index contributed by atoms with van der Waals surface area (Å²) < 4.78 is 26.7. The first-order chi connectivity index (χ1) is 14.1. The summed E-state index contributed by atoms with van der Waals surface area (Å²) >= 11 is 0. The third kappa shape index (κ3) is 3.39. The number of para-hydroxylation sites is 1. The molecule has 1 aliphatic rings. The number of aromatic amines is 1. The molecule has 1 aromatic heterocycles. The fourth-order valence-electron chi connectivity index (χ4n) is 4.37. The Bertz CT molecular complexity index is 1040. The van der Waals surface area contributed by atoms with Crippen LogP contribution in [0.3, 0.4) is 0 Å². The second-order valence-electron chi connectivity index (χ2n) is 7.31. The Kier molecular flexibility index (Phi) is 5.54. The van der Waals surface area contributed by atoms with Gasteiger partial charge in [-0.15, -0.1) is 0 Å². The highest BCUT2D eigenvalue weighted by atomic mass is 32.2. The van der Waals surface area contributed by atoms with Crippen molar-refractivity contribution in [2.24, 2.45) is 0 Å². The zero-order valence-corrected chi connectivity index (χ0v) is 18.0. The van der Waals surface area contributed by atoms with Gasteiger partial charge in [0, 0.05) is 22.8 Å². The second-order valence-corrected chi connectivity index (χ2v) is 8.79. The number of fused-ring (bicyclic) bond motifs is 2. The molecule has 0 aliphatic carbocycles. The number of benzene rings is 2. The van der Waals surface area contributed by atoms with Gasteiger partial charge in [0.2, 0.25) is 0 Å². The smallest absolute Gasteiger partial charge is 0.161 e. The van der Waals surface area contributed by atoms with E-state index in [0.29, 0.717) is 19.0 Å². The number of nitrogens with one attached hydrogen (secondary N) is 2. The van der Waals surface area contributed by atoms with E-state index in [1.807, 2.05) is 25.1 Å². The first-order valence-electron chi connectivity index (χ1n) is 10.3. The molecular weight excluding hydrogens is 384 g/mol. The Morgan fingerprint density at radius 2 is 1.83 bits per heavy atom. The molecule has 0 spiro atoms. The molecule has 2 aromatic carbocycles. The number of hydrogen-bond acceptors (Lipinski definition) is 3. The summed E-state index contributed by atoms with van der Waals surface area (Å²) in [4.78, 5) is 3.44. The minimum atomic E-state index is -1.09. The van der Waals surface area contributed by atoms with Gasteiger partial charge < -0.3 is 19.2 Å². The standard InChI is InChI=1S/C23H28N2O3S/c1-4-23(5-2,16-10-11-20-21(14-16)28-13-12-27-20)18-15-24-22-17(18)8-7-9-19(22)25-29(26)6-3/h7-11,14-15,24-25H,4-6,12-13H2,1-3H3. The minimum Gasteiger partial charge on any atom is -0.486 e. The van der Waals surface area contributed by atoms with Gasteiger partial charge >= 0.3 is 0 Å². The van der Waals surface area contributed by atoms with Gasteiger partial charge in [-0.3, -0.25) is 0 Å². The molecule has 0 amide bonds. The Morgan fingerprint density at radius 3 is 2.55 bits per heavy atom. The lowest BCUT2D eigenvalue weighted by Gasteiger charge is -2.33. The van der Waals surface area contributed by atoms with Crippen LogP contribution >= 0.6 is 0 Å². The third-order valence-electron chi connectivity index (χ3n) is 6.02. The van der Waals surface area contributed by atoms with Crippen LogP contribution in [0.25, 0.3) is 10.9 Å². The SMILES string of the molecule is CCS(=O)Nc1cccc2c(C(CC)(CC)c3ccc4c(c3)OCCO4)c[nH]c12. The van der Waals surface area contributed by atoms with Crippen molar-refractivity contribution in [2.45, 2.75) is 39.0 Å². The Labute approximate surface area is 174 Å². The lowest BCUT2D eigenvalue weighted by molar-refractivity contribution is 0.171. The summed E-state index contributed by atoms with van der Waals surface area (Å²) in [6.07, 6.45) is 4.01. The van der Waals surface area contributed by atoms with Crippen molar-refractivity contribution in [3.05, 3.63) is 53.7 Å². The highest BCUT2D eigenvalue weighted by molar-refractivity contribution is 7.86. The molecule has 0 saturated heterocycles. The van der Waals surface area contributed by atoms with Crippen LogP contribution in [-0.2, 0) is 16.4 Å². The first-order valence-corrected chi connectivity index (χ1v) is 11.6. The molecule has 2 heterocycles. The lowest BCUT2D eigenvalue weighted by Crippen LogP contribution is -2.26. The molecule has 29 heavy (non-hydrogen) atoms. The molecule has 4 rings (SSSR count). The maximum atomic E-state index is 12.1. The van der Waals surface area contributed by atoms with Crippen LogP contribution in [0.2, 0.25) is 0 Å². The number of rotatable bonds is 7. The van der Waals surface area contributed by atoms with Gasteiger partial charge in [-0.05, 0) is 42.2 Å². The van der Waals surface area contributed by atoms with Crippen LogP contribution in [0, 0.1) is 0 Å². The van der Waals surface area contributed by atoms with Crippen LogP contribution in [0.1, 0.15) is 44.7 Å². The predicted molar refractivity (Wildman–Crippen MR) is 119 cm³/mol. The maximum absolute atomic E-state index is 12.1. The minimum absolute atomic E-state index is 0.156. The molecular formula is C23H28N2O3S. The highest BCUT2D eigenvalue weighted by Gasteiger charge is 2.34. The molecule has 1 atom stereocenters. The monoisotopic (exact) mass is 412 g/mol. The summed E-state index contributed by atoms with van der Waals surface area (Å²) in [5.41, 5.74) is 4.19. The van der Waals surface area contributed by atoms with Gasteiger partial charge in [0.1, 0.15) is 24.2 Å². The van der Waals surface area contributed by atoms with E-state index in [0.717, 1.165) is 40.9 Å². The Hall–Kier alpha value is -2.47. The first kappa shape index (κ1) is 19.8. The summed E-state index contributed by atoms with van der Waals surface area (Å²) in [5, 5.41) is 1.15. The maximum Gasteiger partial charge on any atom is 0.161 e. The van der Waals surface area contributed by atoms with Crippen molar-refractivity contribution in [1.82, 2.24) is 4.98 Å². The molecule has 0 bridgehead atoms. The van der Waals surface area contributed by atoms with Crippen molar-refractivity contribution in [3.63, 3.8) is 0 Å². The van der Waals surface area contributed by atoms with Gasteiger partial charge in [-0.1, -0.05) is 39.0 Å². The van der Waals surface area contributed by atoms with Crippen molar-refractivity contribution in [3.8, 4) is 11.5 Å². The lowest BCUT2D eigenvalue weighted by atomic mass is 9.70. The van der Waals surface area contributed by atoms with Gasteiger partial charge in [0.05, 0.1) is 11.2 Å². The van der Waals surface area contributed by atoms with E-state index >= 15 is 0 Å². The number of H-pyrrole nitrogens is 1. The van der Waals surface area contributed by atoms with Crippen LogP contribution in [-0.4, -0.2) is 28.2 Å². The van der Waals surface area contributed by atoms with E-state index < -0.39 is 11.0 Å². The van der Waals surface area contributed by atoms with E-state index in [-0.39, 0.29) is 5.41 Å². The highest BCUT2D eigenvalue weighted by Crippen LogP contribution is 2.45. The van der Waals surface area contributed by atoms with Crippen LogP contribution in [0.15, 0.2) is 42.6 Å². The summed E-state index contributed by atoms with van der Waals surface area (Å²) in [5.74, 6) is 2.20. The molecule has 6 heteroatoms. The van der Waals surface area contributed by atoms with E-state index in [9.17, 15) is 4.21 Å². The summed E-state index contributed by atoms with van der Waals surface area (Å²) in [6.45, 7) is 7.54. The topological polar surface area (TPSA) is 63.4 Å². The molecule has 1 aliphatic heterocycles. The van der Waals surface area contributed by atoms with Crippen molar-refractivity contribution in [2.75, 3.05) is 23.7 Å². The second kappa shape index (κ2) is 8.11. The van der Waals surface area contributed by atoms with Gasteiger partial charge in [0.15, 0.2) is 11.5 Å². The number of hydrogen-bond donors (Lipinski definition) is 2. The zero-order chi connectivity index (χ0) is 20.4. The van der Waals surface area contributed by atoms with Crippen molar-refractivity contribution >= 4 is 27.6 Å². The van der Waals surface area contributed by atoms with Gasteiger partial charge in [-0.25, -0.2) is 4.21 Å². The fourth-order valence-corrected chi connectivity index (χ4v) is 4.93. The summed E-state index contributed by atoms with van der Waals surface area (Å²) in [7, 11) is -1.09. The van der Waals surface area contributed by atoms with E-state index in [2.05, 4.69) is 47.9 Å². The van der Waals surface area contributed by atoms with E-state index in [1.54, 1.807) is 0 Å². The largest absolute Gasteiger partial charge is 0.486 e. The number of ether oxygens (including phenoxy) is 2. The number of anilines is 1. The van der Waals surface area contributed by atoms with E-state index in [4.69, 9.17) is 9.47 Å². The van der Waals surface area contributed by atoms with E-state index in [1.165, 1.54) is 11.1 Å². The third-order valence-corrected chi connectivity index (χ3v) is 6.99. The zero-order valence-electron chi connectivity index (χ0n) is 17.2. The Balaban J connectivity index is 1.84. The Morgan fingerprint density at radius 1 is 1.07 bits per heavy atom. The predicted octanol–water partition coefficient (Wildman–Crippen LogP) is 5.14. The molecule has 5 nitrogen and oxygen atoms in total. The molecule has 0 saturated carbocycles. The summed E-state index contributed by atoms with van der Waals surface area (Å²) in [6, 6.07) is 12.5. The van der Waals surface area contributed by atoms with Crippen LogP contribution in [0.5, 0.6) is 11.5 Å². The normalized spacial score (nSPS) is 14.7. The molecule has 1 unspecified atom stereocenters.